The number of hydrogen-bond acceptors (Lipinski definition) is 3. The van der Waals surface area contributed by atoms with E-state index < -0.39 is 17.5 Å². The second-order valence-electron chi connectivity index (χ2n) is 9.26. The molecular formula is C26H26F2N4O3. The fraction of sp³-hybridized carbons (Fsp3) is 0.346. The molecule has 1 atom stereocenters. The molecule has 1 saturated carbocycles. The van der Waals surface area contributed by atoms with Crippen molar-refractivity contribution in [3.63, 3.8) is 0 Å². The number of nitrogens with zero attached hydrogens (tertiary/aromatic N) is 1. The third kappa shape index (κ3) is 4.89. The van der Waals surface area contributed by atoms with E-state index in [1.54, 1.807) is 24.3 Å². The quantitative estimate of drug-likeness (QED) is 0.509. The highest BCUT2D eigenvalue weighted by molar-refractivity contribution is 6.06. The highest BCUT2D eigenvalue weighted by Gasteiger charge is 2.29. The molecule has 3 aromatic rings. The van der Waals surface area contributed by atoms with Gasteiger partial charge in [0.1, 0.15) is 17.3 Å². The van der Waals surface area contributed by atoms with Gasteiger partial charge >= 0.3 is 0 Å². The first-order valence-corrected chi connectivity index (χ1v) is 11.9. The Morgan fingerprint density at radius 1 is 1.00 bits per heavy atom. The van der Waals surface area contributed by atoms with Crippen LogP contribution in [0.4, 0.5) is 14.5 Å². The molecule has 35 heavy (non-hydrogen) atoms. The van der Waals surface area contributed by atoms with Crippen LogP contribution in [0.25, 0.3) is 10.9 Å². The Labute approximate surface area is 200 Å². The van der Waals surface area contributed by atoms with Gasteiger partial charge in [0.2, 0.25) is 5.91 Å². The molecule has 0 spiro atoms. The summed E-state index contributed by atoms with van der Waals surface area (Å²) in [6.07, 6.45) is 5.72. The van der Waals surface area contributed by atoms with Crippen LogP contribution in [-0.4, -0.2) is 34.9 Å². The van der Waals surface area contributed by atoms with Gasteiger partial charge in [0, 0.05) is 47.2 Å². The van der Waals surface area contributed by atoms with E-state index in [2.05, 4.69) is 16.0 Å². The van der Waals surface area contributed by atoms with Gasteiger partial charge in [0.05, 0.1) is 6.04 Å². The Morgan fingerprint density at radius 3 is 2.49 bits per heavy atom. The lowest BCUT2D eigenvalue weighted by Gasteiger charge is -2.28. The molecule has 2 aliphatic rings. The maximum Gasteiger partial charge on any atom is 0.268 e. The van der Waals surface area contributed by atoms with Crippen LogP contribution in [0.1, 0.15) is 65.4 Å². The second kappa shape index (κ2) is 9.48. The maximum absolute atomic E-state index is 13.5. The van der Waals surface area contributed by atoms with Gasteiger partial charge in [-0.1, -0.05) is 19.3 Å². The summed E-state index contributed by atoms with van der Waals surface area (Å²) in [5.41, 5.74) is 1.49. The molecular weight excluding hydrogens is 454 g/mol. The maximum atomic E-state index is 13.5. The summed E-state index contributed by atoms with van der Waals surface area (Å²) in [5, 5.41) is 9.34. The molecule has 1 aliphatic carbocycles. The first-order chi connectivity index (χ1) is 16.9. The Morgan fingerprint density at radius 2 is 1.74 bits per heavy atom. The summed E-state index contributed by atoms with van der Waals surface area (Å²) >= 11 is 0. The number of aromatic nitrogens is 1. The number of rotatable bonds is 5. The van der Waals surface area contributed by atoms with Crippen LogP contribution in [0, 0.1) is 11.6 Å². The molecule has 7 nitrogen and oxygen atoms in total. The molecule has 2 aromatic carbocycles. The molecule has 0 radical (unpaired) electrons. The average molecular weight is 481 g/mol. The van der Waals surface area contributed by atoms with Gasteiger partial charge in [-0.3, -0.25) is 14.4 Å². The van der Waals surface area contributed by atoms with Crippen LogP contribution in [0.2, 0.25) is 0 Å². The van der Waals surface area contributed by atoms with Crippen LogP contribution >= 0.6 is 0 Å². The molecule has 1 fully saturated rings. The summed E-state index contributed by atoms with van der Waals surface area (Å²) in [6, 6.07) is 9.44. The van der Waals surface area contributed by atoms with Crippen molar-refractivity contribution in [3.8, 4) is 0 Å². The lowest BCUT2D eigenvalue weighted by atomic mass is 9.95. The Hall–Kier alpha value is -3.75. The van der Waals surface area contributed by atoms with Crippen molar-refractivity contribution in [2.24, 2.45) is 0 Å². The highest BCUT2D eigenvalue weighted by atomic mass is 19.1. The van der Waals surface area contributed by atoms with E-state index in [0.717, 1.165) is 43.3 Å². The number of carbonyl (C=O) groups is 3. The SMILES string of the molecule is O=C(CC1CNC(=O)c2cc3cc(NC(=O)c4cc(F)cc(F)c4)ccc3n21)NC1CCCCC1. The van der Waals surface area contributed by atoms with Crippen molar-refractivity contribution in [2.45, 2.75) is 50.6 Å². The smallest absolute Gasteiger partial charge is 0.268 e. The van der Waals surface area contributed by atoms with E-state index in [9.17, 15) is 23.2 Å². The second-order valence-corrected chi connectivity index (χ2v) is 9.26. The van der Waals surface area contributed by atoms with Gasteiger partial charge in [0.25, 0.3) is 11.8 Å². The fourth-order valence-electron chi connectivity index (χ4n) is 5.07. The lowest BCUT2D eigenvalue weighted by molar-refractivity contribution is -0.122. The monoisotopic (exact) mass is 480 g/mol. The minimum Gasteiger partial charge on any atom is -0.353 e. The van der Waals surface area contributed by atoms with Gasteiger partial charge in [-0.05, 0) is 49.2 Å². The molecule has 1 aliphatic heterocycles. The number of benzene rings is 2. The van der Waals surface area contributed by atoms with Crippen molar-refractivity contribution >= 4 is 34.3 Å². The molecule has 3 N–H and O–H groups in total. The van der Waals surface area contributed by atoms with Crippen LogP contribution < -0.4 is 16.0 Å². The average Bonchev–Trinajstić information content (AvgIpc) is 3.21. The van der Waals surface area contributed by atoms with E-state index >= 15 is 0 Å². The van der Waals surface area contributed by atoms with Crippen LogP contribution in [0.3, 0.4) is 0 Å². The predicted octanol–water partition coefficient (Wildman–Crippen LogP) is 4.30. The minimum absolute atomic E-state index is 0.0305. The zero-order chi connectivity index (χ0) is 24.5. The van der Waals surface area contributed by atoms with Crippen molar-refractivity contribution in [1.82, 2.24) is 15.2 Å². The number of carbonyl (C=O) groups excluding carboxylic acids is 3. The van der Waals surface area contributed by atoms with E-state index in [0.29, 0.717) is 29.4 Å². The Bertz CT molecular complexity index is 1290. The summed E-state index contributed by atoms with van der Waals surface area (Å²) in [5.74, 6) is -2.59. The van der Waals surface area contributed by atoms with Gasteiger partial charge in [-0.25, -0.2) is 8.78 Å². The number of halogens is 2. The zero-order valence-corrected chi connectivity index (χ0v) is 19.1. The van der Waals surface area contributed by atoms with Gasteiger partial charge in [0.15, 0.2) is 0 Å². The van der Waals surface area contributed by atoms with Crippen LogP contribution in [-0.2, 0) is 4.79 Å². The minimum atomic E-state index is -0.838. The molecule has 182 valence electrons. The summed E-state index contributed by atoms with van der Waals surface area (Å²) < 4.78 is 28.8. The summed E-state index contributed by atoms with van der Waals surface area (Å²) in [6.45, 7) is 0.345. The van der Waals surface area contributed by atoms with Crippen molar-refractivity contribution < 1.29 is 23.2 Å². The molecule has 3 amide bonds. The molecule has 0 saturated heterocycles. The van der Waals surface area contributed by atoms with Gasteiger partial charge < -0.3 is 20.5 Å². The summed E-state index contributed by atoms with van der Waals surface area (Å²) in [4.78, 5) is 37.8. The largest absolute Gasteiger partial charge is 0.353 e. The number of fused-ring (bicyclic) bond motifs is 3. The van der Waals surface area contributed by atoms with Crippen LogP contribution in [0.5, 0.6) is 0 Å². The molecule has 0 bridgehead atoms. The van der Waals surface area contributed by atoms with E-state index in [1.807, 2.05) is 4.57 Å². The van der Waals surface area contributed by atoms with Gasteiger partial charge in [-0.15, -0.1) is 0 Å². The Kier molecular flexibility index (Phi) is 6.23. The van der Waals surface area contributed by atoms with Crippen molar-refractivity contribution in [2.75, 3.05) is 11.9 Å². The summed E-state index contributed by atoms with van der Waals surface area (Å²) in [7, 11) is 0. The first-order valence-electron chi connectivity index (χ1n) is 11.9. The third-order valence-electron chi connectivity index (χ3n) is 6.71. The molecule has 2 heterocycles. The highest BCUT2D eigenvalue weighted by Crippen LogP contribution is 2.31. The standard InChI is InChI=1S/C26H26F2N4O3/c27-17-8-16(9-18(28)12-17)25(34)31-20-6-7-22-15(10-20)11-23-26(35)29-14-21(32(22)23)13-24(33)30-19-4-2-1-3-5-19/h6-12,19,21H,1-5,13-14H2,(H,29,35)(H,30,33)(H,31,34). The molecule has 1 unspecified atom stereocenters. The predicted molar refractivity (Wildman–Crippen MR) is 127 cm³/mol. The van der Waals surface area contributed by atoms with Crippen LogP contribution in [0.15, 0.2) is 42.5 Å². The van der Waals surface area contributed by atoms with Gasteiger partial charge in [-0.2, -0.15) is 0 Å². The topological polar surface area (TPSA) is 92.2 Å². The lowest BCUT2D eigenvalue weighted by Crippen LogP contribution is -2.42. The molecule has 9 heteroatoms. The van der Waals surface area contributed by atoms with E-state index in [1.165, 1.54) is 6.42 Å². The number of anilines is 1. The normalized spacial score (nSPS) is 18.1. The fourth-order valence-corrected chi connectivity index (χ4v) is 5.07. The number of nitrogens with one attached hydrogen (secondary N) is 3. The van der Waals surface area contributed by atoms with E-state index in [-0.39, 0.29) is 35.9 Å². The Balaban J connectivity index is 1.36. The first kappa shape index (κ1) is 23.0. The number of amides is 3. The van der Waals surface area contributed by atoms with Crippen molar-refractivity contribution in [3.05, 3.63) is 65.4 Å². The molecule has 5 rings (SSSR count). The van der Waals surface area contributed by atoms with E-state index in [4.69, 9.17) is 0 Å². The van der Waals surface area contributed by atoms with Crippen molar-refractivity contribution in [1.29, 1.82) is 0 Å². The zero-order valence-electron chi connectivity index (χ0n) is 19.1. The molecule has 1 aromatic heterocycles. The third-order valence-corrected chi connectivity index (χ3v) is 6.71. The number of hydrogen-bond donors (Lipinski definition) is 3.